The van der Waals surface area contributed by atoms with E-state index in [4.69, 9.17) is 4.74 Å². The van der Waals surface area contributed by atoms with Crippen molar-refractivity contribution in [2.75, 3.05) is 0 Å². The van der Waals surface area contributed by atoms with Gasteiger partial charge in [-0.25, -0.2) is 0 Å². The molecule has 100 valence electrons. The van der Waals surface area contributed by atoms with Crippen LogP contribution in [0.15, 0.2) is 60.7 Å². The van der Waals surface area contributed by atoms with Crippen molar-refractivity contribution < 1.29 is 9.53 Å². The molecule has 1 aliphatic rings. The summed E-state index contributed by atoms with van der Waals surface area (Å²) in [4.78, 5) is 12.5. The Labute approximate surface area is 118 Å². The molecule has 0 saturated heterocycles. The number of carbonyl (C=O) groups excluding carboxylic acids is 1. The van der Waals surface area contributed by atoms with Crippen LogP contribution in [0.5, 0.6) is 5.75 Å². The van der Waals surface area contributed by atoms with Crippen LogP contribution in [0.1, 0.15) is 22.8 Å². The lowest BCUT2D eigenvalue weighted by Crippen LogP contribution is -2.34. The number of fused-ring (bicyclic) bond motifs is 1. The third-order valence-electron chi connectivity index (χ3n) is 3.57. The second-order valence-electron chi connectivity index (χ2n) is 4.98. The number of hydrogen-bond acceptors (Lipinski definition) is 2. The molecule has 2 nitrogen and oxygen atoms in total. The van der Waals surface area contributed by atoms with Crippen molar-refractivity contribution in [1.82, 2.24) is 0 Å². The number of Topliss-reactive ketones (excluding diaryl/α,β-unsaturated/α-hetero) is 1. The predicted octanol–water partition coefficient (Wildman–Crippen LogP) is 3.98. The van der Waals surface area contributed by atoms with Gasteiger partial charge in [0.05, 0.1) is 11.5 Å². The topological polar surface area (TPSA) is 26.3 Å². The molecule has 2 atom stereocenters. The molecule has 2 unspecified atom stereocenters. The summed E-state index contributed by atoms with van der Waals surface area (Å²) in [5, 5.41) is 0. The van der Waals surface area contributed by atoms with Crippen molar-refractivity contribution in [2.24, 2.45) is 5.92 Å². The third-order valence-corrected chi connectivity index (χ3v) is 3.57. The number of rotatable bonds is 2. The van der Waals surface area contributed by atoms with Crippen LogP contribution in [-0.2, 0) is 0 Å². The highest BCUT2D eigenvalue weighted by atomic mass is 16.5. The standard InChI is InChI=1S/C18H16O2/c1-13-15(12-11-14-7-3-2-4-8-14)18(19)16-9-5-6-10-17(16)20-13/h2-13,15H,1H3/b12-11+. The van der Waals surface area contributed by atoms with E-state index in [-0.39, 0.29) is 17.8 Å². The Balaban J connectivity index is 1.88. The average Bonchev–Trinajstić information content (AvgIpc) is 2.48. The summed E-state index contributed by atoms with van der Waals surface area (Å²) in [5.41, 5.74) is 1.76. The van der Waals surface area contributed by atoms with Gasteiger partial charge in [-0.1, -0.05) is 54.6 Å². The minimum absolute atomic E-state index is 0.131. The monoisotopic (exact) mass is 264 g/mol. The molecule has 2 aromatic rings. The fourth-order valence-corrected chi connectivity index (χ4v) is 2.46. The first-order valence-electron chi connectivity index (χ1n) is 6.79. The Morgan fingerprint density at radius 1 is 1.00 bits per heavy atom. The number of ether oxygens (including phenoxy) is 1. The Hall–Kier alpha value is -2.35. The highest BCUT2D eigenvalue weighted by molar-refractivity contribution is 6.02. The van der Waals surface area contributed by atoms with Crippen LogP contribution in [0.3, 0.4) is 0 Å². The minimum Gasteiger partial charge on any atom is -0.489 e. The van der Waals surface area contributed by atoms with E-state index in [0.717, 1.165) is 5.56 Å². The van der Waals surface area contributed by atoms with Crippen molar-refractivity contribution in [3.05, 3.63) is 71.8 Å². The molecule has 1 aliphatic heterocycles. The van der Waals surface area contributed by atoms with E-state index in [0.29, 0.717) is 11.3 Å². The fourth-order valence-electron chi connectivity index (χ4n) is 2.46. The van der Waals surface area contributed by atoms with Crippen LogP contribution in [0.4, 0.5) is 0 Å². The molecule has 0 aliphatic carbocycles. The molecule has 0 radical (unpaired) electrons. The van der Waals surface area contributed by atoms with Crippen LogP contribution in [-0.4, -0.2) is 11.9 Å². The summed E-state index contributed by atoms with van der Waals surface area (Å²) >= 11 is 0. The summed E-state index contributed by atoms with van der Waals surface area (Å²) in [6.45, 7) is 1.94. The Kier molecular flexibility index (Phi) is 3.38. The van der Waals surface area contributed by atoms with Crippen LogP contribution in [0.25, 0.3) is 6.08 Å². The zero-order valence-electron chi connectivity index (χ0n) is 11.3. The van der Waals surface area contributed by atoms with Crippen molar-refractivity contribution in [3.63, 3.8) is 0 Å². The molecule has 0 fully saturated rings. The highest BCUT2D eigenvalue weighted by Gasteiger charge is 2.32. The molecule has 0 saturated carbocycles. The molecule has 2 aromatic carbocycles. The molecular formula is C18H16O2. The molecule has 0 N–H and O–H groups in total. The molecule has 0 amide bonds. The Bertz CT molecular complexity index is 643. The molecule has 2 heteroatoms. The second kappa shape index (κ2) is 5.33. The molecule has 0 spiro atoms. The van der Waals surface area contributed by atoms with Gasteiger partial charge in [0.1, 0.15) is 11.9 Å². The van der Waals surface area contributed by atoms with E-state index in [1.54, 1.807) is 0 Å². The van der Waals surface area contributed by atoms with Crippen molar-refractivity contribution in [1.29, 1.82) is 0 Å². The largest absolute Gasteiger partial charge is 0.489 e. The van der Waals surface area contributed by atoms with Crippen molar-refractivity contribution >= 4 is 11.9 Å². The van der Waals surface area contributed by atoms with Gasteiger partial charge in [0.25, 0.3) is 0 Å². The summed E-state index contributed by atoms with van der Waals surface area (Å²) in [6.07, 6.45) is 3.78. The maximum absolute atomic E-state index is 12.5. The van der Waals surface area contributed by atoms with Gasteiger partial charge < -0.3 is 4.74 Å². The van der Waals surface area contributed by atoms with Gasteiger partial charge >= 0.3 is 0 Å². The molecule has 0 bridgehead atoms. The fraction of sp³-hybridized carbons (Fsp3) is 0.167. The maximum atomic E-state index is 12.5. The van der Waals surface area contributed by atoms with E-state index in [1.165, 1.54) is 0 Å². The number of benzene rings is 2. The molecule has 0 aromatic heterocycles. The van der Waals surface area contributed by atoms with E-state index in [9.17, 15) is 4.79 Å². The van der Waals surface area contributed by atoms with Crippen molar-refractivity contribution in [3.8, 4) is 5.75 Å². The summed E-state index contributed by atoms with van der Waals surface area (Å²) in [7, 11) is 0. The first-order valence-corrected chi connectivity index (χ1v) is 6.79. The Morgan fingerprint density at radius 3 is 2.50 bits per heavy atom. The van der Waals surface area contributed by atoms with Gasteiger partial charge in [-0.3, -0.25) is 4.79 Å². The van der Waals surface area contributed by atoms with E-state index in [2.05, 4.69) is 0 Å². The first kappa shape index (κ1) is 12.7. The summed E-state index contributed by atoms with van der Waals surface area (Å²) in [5.74, 6) is 0.589. The molecule has 1 heterocycles. The van der Waals surface area contributed by atoms with Crippen LogP contribution in [0.2, 0.25) is 0 Å². The van der Waals surface area contributed by atoms with E-state index in [1.807, 2.05) is 73.7 Å². The smallest absolute Gasteiger partial charge is 0.177 e. The Morgan fingerprint density at radius 2 is 1.70 bits per heavy atom. The summed E-state index contributed by atoms with van der Waals surface area (Å²) < 4.78 is 5.83. The van der Waals surface area contributed by atoms with Gasteiger partial charge in [-0.15, -0.1) is 0 Å². The van der Waals surface area contributed by atoms with Gasteiger partial charge in [0.2, 0.25) is 0 Å². The molecular weight excluding hydrogens is 248 g/mol. The van der Waals surface area contributed by atoms with E-state index >= 15 is 0 Å². The first-order chi connectivity index (χ1) is 9.75. The normalized spacial score (nSPS) is 21.6. The van der Waals surface area contributed by atoms with Gasteiger partial charge in [-0.05, 0) is 24.6 Å². The van der Waals surface area contributed by atoms with Crippen LogP contribution >= 0.6 is 0 Å². The zero-order valence-corrected chi connectivity index (χ0v) is 11.3. The number of carbonyl (C=O) groups is 1. The van der Waals surface area contributed by atoms with Crippen LogP contribution < -0.4 is 4.74 Å². The maximum Gasteiger partial charge on any atom is 0.177 e. The quantitative estimate of drug-likeness (QED) is 0.820. The lowest BCUT2D eigenvalue weighted by atomic mass is 9.89. The molecule has 3 rings (SSSR count). The number of hydrogen-bond donors (Lipinski definition) is 0. The third kappa shape index (κ3) is 2.37. The average molecular weight is 264 g/mol. The second-order valence-corrected chi connectivity index (χ2v) is 4.98. The predicted molar refractivity (Wildman–Crippen MR) is 79.8 cm³/mol. The van der Waals surface area contributed by atoms with Crippen molar-refractivity contribution in [2.45, 2.75) is 13.0 Å². The SMILES string of the molecule is CC1Oc2ccccc2C(=O)C1/C=C/c1ccccc1. The number of para-hydroxylation sites is 1. The molecule has 20 heavy (non-hydrogen) atoms. The zero-order chi connectivity index (χ0) is 13.9. The minimum atomic E-state index is -0.231. The van der Waals surface area contributed by atoms with Crippen LogP contribution in [0, 0.1) is 5.92 Å². The number of ketones is 1. The summed E-state index contributed by atoms with van der Waals surface area (Å²) in [6, 6.07) is 17.4. The van der Waals surface area contributed by atoms with Gasteiger partial charge in [-0.2, -0.15) is 0 Å². The van der Waals surface area contributed by atoms with E-state index < -0.39 is 0 Å². The van der Waals surface area contributed by atoms with Gasteiger partial charge in [0, 0.05) is 0 Å². The lowest BCUT2D eigenvalue weighted by molar-refractivity contribution is 0.0773. The lowest BCUT2D eigenvalue weighted by Gasteiger charge is -2.28. The van der Waals surface area contributed by atoms with Gasteiger partial charge in [0.15, 0.2) is 5.78 Å². The highest BCUT2D eigenvalue weighted by Crippen LogP contribution is 2.31.